The van der Waals surface area contributed by atoms with E-state index in [1.165, 1.54) is 12.1 Å². The molecule has 0 aromatic heterocycles. The highest BCUT2D eigenvalue weighted by atomic mass is 35.5. The second-order valence-electron chi connectivity index (χ2n) is 4.38. The maximum Gasteiger partial charge on any atom is 0.312 e. The van der Waals surface area contributed by atoms with E-state index >= 15 is 0 Å². The number of nitrogens with zero attached hydrogens (tertiary/aromatic N) is 1. The van der Waals surface area contributed by atoms with Gasteiger partial charge in [0.2, 0.25) is 0 Å². The van der Waals surface area contributed by atoms with E-state index in [1.54, 1.807) is 6.07 Å². The van der Waals surface area contributed by atoms with Crippen LogP contribution < -0.4 is 4.74 Å². The maximum atomic E-state index is 10.9. The molecule has 98 valence electrons. The van der Waals surface area contributed by atoms with Crippen LogP contribution in [0.15, 0.2) is 18.2 Å². The summed E-state index contributed by atoms with van der Waals surface area (Å²) in [4.78, 5) is 10.4. The summed E-state index contributed by atoms with van der Waals surface area (Å²) in [7, 11) is 0. The van der Waals surface area contributed by atoms with Crippen molar-refractivity contribution in [2.75, 3.05) is 0 Å². The Morgan fingerprint density at radius 1 is 1.39 bits per heavy atom. The molecular weight excluding hydrogens is 258 g/mol. The lowest BCUT2D eigenvalue weighted by Gasteiger charge is -2.27. The van der Waals surface area contributed by atoms with Gasteiger partial charge in [-0.1, -0.05) is 18.0 Å². The minimum Gasteiger partial charge on any atom is -0.481 e. The lowest BCUT2D eigenvalue weighted by atomic mass is 9.95. The molecular formula is C12H14ClNO4. The van der Waals surface area contributed by atoms with Gasteiger partial charge in [-0.3, -0.25) is 10.1 Å². The molecule has 0 saturated heterocycles. The maximum absolute atomic E-state index is 10.9. The predicted octanol–water partition coefficient (Wildman–Crippen LogP) is 2.93. The van der Waals surface area contributed by atoms with Crippen LogP contribution in [0.25, 0.3) is 0 Å². The molecule has 1 saturated carbocycles. The molecule has 18 heavy (non-hydrogen) atoms. The zero-order valence-corrected chi connectivity index (χ0v) is 10.5. The van der Waals surface area contributed by atoms with Crippen LogP contribution in [0.5, 0.6) is 5.75 Å². The largest absolute Gasteiger partial charge is 0.481 e. The number of rotatable bonds is 3. The number of halogens is 1. The van der Waals surface area contributed by atoms with E-state index in [2.05, 4.69) is 0 Å². The van der Waals surface area contributed by atoms with Gasteiger partial charge in [0.05, 0.1) is 11.0 Å². The number of hydrogen-bond donors (Lipinski definition) is 1. The lowest BCUT2D eigenvalue weighted by molar-refractivity contribution is -0.386. The van der Waals surface area contributed by atoms with Gasteiger partial charge in [0.25, 0.3) is 0 Å². The molecule has 1 aliphatic rings. The van der Waals surface area contributed by atoms with Gasteiger partial charge < -0.3 is 9.84 Å². The number of hydrogen-bond acceptors (Lipinski definition) is 4. The molecule has 0 aliphatic heterocycles. The Balaban J connectivity index is 2.20. The first-order chi connectivity index (χ1) is 8.58. The first-order valence-corrected chi connectivity index (χ1v) is 6.24. The zero-order chi connectivity index (χ0) is 13.1. The topological polar surface area (TPSA) is 72.6 Å². The summed E-state index contributed by atoms with van der Waals surface area (Å²) in [5, 5.41) is 21.0. The summed E-state index contributed by atoms with van der Waals surface area (Å²) in [6.45, 7) is 0. The van der Waals surface area contributed by atoms with E-state index in [1.807, 2.05) is 0 Å². The number of ether oxygens (including phenoxy) is 1. The molecule has 1 N–H and O–H groups in total. The van der Waals surface area contributed by atoms with E-state index in [0.29, 0.717) is 17.9 Å². The van der Waals surface area contributed by atoms with E-state index in [4.69, 9.17) is 16.3 Å². The molecule has 2 atom stereocenters. The number of aliphatic hydroxyl groups excluding tert-OH is 1. The third-order valence-corrected chi connectivity index (χ3v) is 3.30. The smallest absolute Gasteiger partial charge is 0.312 e. The van der Waals surface area contributed by atoms with Crippen LogP contribution in [-0.4, -0.2) is 22.2 Å². The number of nitro groups is 1. The molecule has 0 bridgehead atoms. The molecule has 5 nitrogen and oxygen atoms in total. The van der Waals surface area contributed by atoms with Crippen molar-refractivity contribution in [2.24, 2.45) is 0 Å². The minimum atomic E-state index is -0.561. The van der Waals surface area contributed by atoms with Gasteiger partial charge in [-0.25, -0.2) is 0 Å². The van der Waals surface area contributed by atoms with Crippen LogP contribution in [0.4, 0.5) is 5.69 Å². The Hall–Kier alpha value is -1.33. The summed E-state index contributed by atoms with van der Waals surface area (Å²) in [5.41, 5.74) is -0.166. The summed E-state index contributed by atoms with van der Waals surface area (Å²) >= 11 is 5.72. The van der Waals surface area contributed by atoms with E-state index in [0.717, 1.165) is 12.8 Å². The molecule has 0 radical (unpaired) electrons. The van der Waals surface area contributed by atoms with Gasteiger partial charge in [-0.05, 0) is 31.4 Å². The van der Waals surface area contributed by atoms with Crippen LogP contribution in [0.1, 0.15) is 25.7 Å². The van der Waals surface area contributed by atoms with E-state index in [-0.39, 0.29) is 17.5 Å². The molecule has 0 heterocycles. The fourth-order valence-electron chi connectivity index (χ4n) is 2.11. The Morgan fingerprint density at radius 3 is 2.78 bits per heavy atom. The third kappa shape index (κ3) is 2.91. The molecule has 6 heteroatoms. The number of nitro benzene ring substituents is 1. The van der Waals surface area contributed by atoms with E-state index in [9.17, 15) is 15.2 Å². The molecule has 0 spiro atoms. The van der Waals surface area contributed by atoms with Crippen LogP contribution in [0.3, 0.4) is 0 Å². The van der Waals surface area contributed by atoms with Gasteiger partial charge in [-0.2, -0.15) is 0 Å². The molecule has 1 aromatic carbocycles. The standard InChI is InChI=1S/C12H14ClNO4/c13-8-5-6-11(9(7-8)14(16)17)18-12-4-2-1-3-10(12)15/h5-7,10,12,15H,1-4H2/t10-,12-/m1/s1. The normalized spacial score (nSPS) is 23.7. The van der Waals surface area contributed by atoms with Crippen molar-refractivity contribution in [3.05, 3.63) is 33.3 Å². The van der Waals surface area contributed by atoms with Crippen LogP contribution >= 0.6 is 11.6 Å². The van der Waals surface area contributed by atoms with Crippen molar-refractivity contribution >= 4 is 17.3 Å². The first kappa shape index (κ1) is 13.1. The highest BCUT2D eigenvalue weighted by Crippen LogP contribution is 2.33. The summed E-state index contributed by atoms with van der Waals surface area (Å²) < 4.78 is 5.56. The van der Waals surface area contributed by atoms with Gasteiger partial charge in [0.1, 0.15) is 6.10 Å². The number of benzene rings is 1. The molecule has 0 amide bonds. The lowest BCUT2D eigenvalue weighted by Crippen LogP contribution is -2.34. The Labute approximate surface area is 109 Å². The molecule has 1 aliphatic carbocycles. The Kier molecular flexibility index (Phi) is 4.04. The van der Waals surface area contributed by atoms with Crippen LogP contribution in [0, 0.1) is 10.1 Å². The fourth-order valence-corrected chi connectivity index (χ4v) is 2.28. The highest BCUT2D eigenvalue weighted by Gasteiger charge is 2.27. The van der Waals surface area contributed by atoms with E-state index < -0.39 is 11.0 Å². The monoisotopic (exact) mass is 271 g/mol. The average molecular weight is 272 g/mol. The van der Waals surface area contributed by atoms with Crippen molar-refractivity contribution in [2.45, 2.75) is 37.9 Å². The van der Waals surface area contributed by atoms with Gasteiger partial charge in [0, 0.05) is 11.1 Å². The highest BCUT2D eigenvalue weighted by molar-refractivity contribution is 6.30. The van der Waals surface area contributed by atoms with Gasteiger partial charge in [0.15, 0.2) is 5.75 Å². The minimum absolute atomic E-state index is 0.162. The summed E-state index contributed by atoms with van der Waals surface area (Å²) in [6.07, 6.45) is 2.37. The summed E-state index contributed by atoms with van der Waals surface area (Å²) in [5.74, 6) is 0.162. The fraction of sp³-hybridized carbons (Fsp3) is 0.500. The molecule has 0 unspecified atom stereocenters. The van der Waals surface area contributed by atoms with Crippen molar-refractivity contribution in [1.29, 1.82) is 0 Å². The van der Waals surface area contributed by atoms with Gasteiger partial charge >= 0.3 is 5.69 Å². The molecule has 2 rings (SSSR count). The number of aliphatic hydroxyl groups is 1. The average Bonchev–Trinajstić information content (AvgIpc) is 2.34. The molecule has 1 aromatic rings. The summed E-state index contributed by atoms with van der Waals surface area (Å²) in [6, 6.07) is 4.27. The quantitative estimate of drug-likeness (QED) is 0.678. The van der Waals surface area contributed by atoms with Crippen molar-refractivity contribution < 1.29 is 14.8 Å². The van der Waals surface area contributed by atoms with Crippen molar-refractivity contribution in [3.63, 3.8) is 0 Å². The first-order valence-electron chi connectivity index (χ1n) is 5.86. The zero-order valence-electron chi connectivity index (χ0n) is 9.71. The SMILES string of the molecule is O=[N+]([O-])c1cc(Cl)ccc1O[C@@H]1CCCC[C@H]1O. The van der Waals surface area contributed by atoms with Gasteiger partial charge in [-0.15, -0.1) is 0 Å². The van der Waals surface area contributed by atoms with Crippen molar-refractivity contribution in [3.8, 4) is 5.75 Å². The third-order valence-electron chi connectivity index (χ3n) is 3.06. The van der Waals surface area contributed by atoms with Crippen LogP contribution in [0.2, 0.25) is 5.02 Å². The molecule has 1 fully saturated rings. The van der Waals surface area contributed by atoms with Crippen molar-refractivity contribution in [1.82, 2.24) is 0 Å². The Morgan fingerprint density at radius 2 is 2.11 bits per heavy atom. The predicted molar refractivity (Wildman–Crippen MR) is 67.0 cm³/mol. The van der Waals surface area contributed by atoms with Crippen LogP contribution in [-0.2, 0) is 0 Å². The second kappa shape index (κ2) is 5.54. The Bertz CT molecular complexity index is 452. The second-order valence-corrected chi connectivity index (χ2v) is 4.81.